The van der Waals surface area contributed by atoms with E-state index in [2.05, 4.69) is 15.1 Å². The molecule has 2 heterocycles. The molecule has 0 saturated carbocycles. The topological polar surface area (TPSA) is 123 Å². The first kappa shape index (κ1) is 23.9. The average molecular weight is 480 g/mol. The van der Waals surface area contributed by atoms with E-state index in [1.54, 1.807) is 25.3 Å². The molecule has 4 rings (SSSR count). The van der Waals surface area contributed by atoms with Crippen LogP contribution in [0.3, 0.4) is 0 Å². The van der Waals surface area contributed by atoms with Gasteiger partial charge in [0.05, 0.1) is 35.2 Å². The third-order valence-corrected chi connectivity index (χ3v) is 5.06. The Hall–Kier alpha value is -4.27. The summed E-state index contributed by atoms with van der Waals surface area (Å²) in [5.41, 5.74) is 6.43. The SMILES string of the molecule is Cc1nc(Oc2cc(C#N)ccc2-n2cc(C(O)CN)cn2)cc(-c2cccc(C(F)(F)F)c2)n1. The number of rotatable bonds is 6. The molecule has 4 aromatic rings. The Balaban J connectivity index is 1.74. The molecule has 0 bridgehead atoms. The Morgan fingerprint density at radius 3 is 2.69 bits per heavy atom. The first-order valence-electron chi connectivity index (χ1n) is 10.4. The van der Waals surface area contributed by atoms with Gasteiger partial charge in [0.1, 0.15) is 11.5 Å². The van der Waals surface area contributed by atoms with Crippen molar-refractivity contribution in [3.63, 3.8) is 0 Å². The molecule has 0 spiro atoms. The highest BCUT2D eigenvalue weighted by atomic mass is 19.4. The minimum absolute atomic E-state index is 0.0148. The van der Waals surface area contributed by atoms with Crippen LogP contribution >= 0.6 is 0 Å². The zero-order valence-electron chi connectivity index (χ0n) is 18.4. The molecule has 35 heavy (non-hydrogen) atoms. The van der Waals surface area contributed by atoms with Gasteiger partial charge in [0.15, 0.2) is 5.75 Å². The van der Waals surface area contributed by atoms with Gasteiger partial charge in [-0.25, -0.2) is 9.67 Å². The van der Waals surface area contributed by atoms with Gasteiger partial charge >= 0.3 is 6.18 Å². The number of aryl methyl sites for hydroxylation is 1. The summed E-state index contributed by atoms with van der Waals surface area (Å²) < 4.78 is 46.9. The van der Waals surface area contributed by atoms with Gasteiger partial charge in [0.2, 0.25) is 5.88 Å². The van der Waals surface area contributed by atoms with Crippen molar-refractivity contribution in [1.82, 2.24) is 19.7 Å². The number of nitrogens with zero attached hydrogens (tertiary/aromatic N) is 5. The molecule has 0 aliphatic carbocycles. The maximum atomic E-state index is 13.2. The van der Waals surface area contributed by atoms with Gasteiger partial charge in [-0.2, -0.15) is 28.5 Å². The summed E-state index contributed by atoms with van der Waals surface area (Å²) in [6.45, 7) is 1.60. The average Bonchev–Trinajstić information content (AvgIpc) is 3.33. The molecule has 0 fully saturated rings. The van der Waals surface area contributed by atoms with Crippen molar-refractivity contribution in [2.75, 3.05) is 6.54 Å². The number of aliphatic hydroxyl groups excluding tert-OH is 1. The predicted molar refractivity (Wildman–Crippen MR) is 120 cm³/mol. The van der Waals surface area contributed by atoms with Crippen molar-refractivity contribution in [1.29, 1.82) is 5.26 Å². The Morgan fingerprint density at radius 2 is 1.97 bits per heavy atom. The molecule has 2 aromatic heterocycles. The molecular formula is C24H19F3N6O2. The van der Waals surface area contributed by atoms with Gasteiger partial charge < -0.3 is 15.6 Å². The summed E-state index contributed by atoms with van der Waals surface area (Å²) in [6, 6.07) is 12.9. The van der Waals surface area contributed by atoms with Crippen LogP contribution in [0, 0.1) is 18.3 Å². The smallest absolute Gasteiger partial charge is 0.416 e. The van der Waals surface area contributed by atoms with Gasteiger partial charge in [0.25, 0.3) is 0 Å². The Labute approximate surface area is 198 Å². The van der Waals surface area contributed by atoms with E-state index in [0.29, 0.717) is 16.8 Å². The van der Waals surface area contributed by atoms with Gasteiger partial charge in [-0.3, -0.25) is 0 Å². The molecule has 1 unspecified atom stereocenters. The second-order valence-electron chi connectivity index (χ2n) is 7.58. The Bertz CT molecular complexity index is 1410. The van der Waals surface area contributed by atoms with Crippen LogP contribution in [-0.2, 0) is 6.18 Å². The van der Waals surface area contributed by atoms with E-state index in [9.17, 15) is 23.5 Å². The molecular weight excluding hydrogens is 461 g/mol. The molecule has 0 amide bonds. The third-order valence-electron chi connectivity index (χ3n) is 5.06. The highest BCUT2D eigenvalue weighted by Gasteiger charge is 2.30. The third kappa shape index (κ3) is 5.29. The maximum absolute atomic E-state index is 13.2. The number of hydrogen-bond donors (Lipinski definition) is 2. The molecule has 11 heteroatoms. The number of benzene rings is 2. The van der Waals surface area contributed by atoms with E-state index in [4.69, 9.17) is 10.5 Å². The van der Waals surface area contributed by atoms with E-state index >= 15 is 0 Å². The quantitative estimate of drug-likeness (QED) is 0.421. The lowest BCUT2D eigenvalue weighted by molar-refractivity contribution is -0.137. The number of aromatic nitrogens is 4. The number of nitrogens with two attached hydrogens (primary N) is 1. The number of ether oxygens (including phenoxy) is 1. The molecule has 0 radical (unpaired) electrons. The lowest BCUT2D eigenvalue weighted by Gasteiger charge is -2.13. The number of hydrogen-bond acceptors (Lipinski definition) is 7. The van der Waals surface area contributed by atoms with E-state index in [-0.39, 0.29) is 35.3 Å². The van der Waals surface area contributed by atoms with Crippen molar-refractivity contribution in [2.24, 2.45) is 5.73 Å². The molecule has 3 N–H and O–H groups in total. The van der Waals surface area contributed by atoms with Crippen LogP contribution < -0.4 is 10.5 Å². The summed E-state index contributed by atoms with van der Waals surface area (Å²) in [4.78, 5) is 8.49. The second-order valence-corrected chi connectivity index (χ2v) is 7.58. The summed E-state index contributed by atoms with van der Waals surface area (Å²) in [7, 11) is 0. The zero-order chi connectivity index (χ0) is 25.2. The van der Waals surface area contributed by atoms with Crippen LogP contribution in [-0.4, -0.2) is 31.4 Å². The predicted octanol–water partition coefficient (Wildman–Crippen LogP) is 4.31. The first-order chi connectivity index (χ1) is 16.7. The maximum Gasteiger partial charge on any atom is 0.416 e. The monoisotopic (exact) mass is 480 g/mol. The van der Waals surface area contributed by atoms with Crippen molar-refractivity contribution in [3.05, 3.63) is 83.4 Å². The molecule has 0 aliphatic rings. The van der Waals surface area contributed by atoms with Gasteiger partial charge in [-0.05, 0) is 31.2 Å². The minimum Gasteiger partial charge on any atom is -0.437 e. The fourth-order valence-electron chi connectivity index (χ4n) is 3.34. The molecule has 8 nitrogen and oxygen atoms in total. The van der Waals surface area contributed by atoms with Gasteiger partial charge in [0, 0.05) is 36.0 Å². The van der Waals surface area contributed by atoms with Crippen molar-refractivity contribution >= 4 is 0 Å². The first-order valence-corrected chi connectivity index (χ1v) is 10.4. The van der Waals surface area contributed by atoms with E-state index < -0.39 is 17.8 Å². The largest absolute Gasteiger partial charge is 0.437 e. The van der Waals surface area contributed by atoms with E-state index in [1.807, 2.05) is 6.07 Å². The summed E-state index contributed by atoms with van der Waals surface area (Å²) in [5.74, 6) is 0.560. The highest BCUT2D eigenvalue weighted by molar-refractivity contribution is 5.62. The number of aliphatic hydroxyl groups is 1. The van der Waals surface area contributed by atoms with Crippen LogP contribution in [0.4, 0.5) is 13.2 Å². The molecule has 0 aliphatic heterocycles. The summed E-state index contributed by atoms with van der Waals surface area (Å²) >= 11 is 0. The van der Waals surface area contributed by atoms with Crippen LogP contribution in [0.2, 0.25) is 0 Å². The van der Waals surface area contributed by atoms with Gasteiger partial charge in [-0.1, -0.05) is 12.1 Å². The number of alkyl halides is 3. The zero-order valence-corrected chi connectivity index (χ0v) is 18.4. The molecule has 178 valence electrons. The Morgan fingerprint density at radius 1 is 1.17 bits per heavy atom. The van der Waals surface area contributed by atoms with Crippen molar-refractivity contribution < 1.29 is 23.0 Å². The van der Waals surface area contributed by atoms with Crippen LogP contribution in [0.25, 0.3) is 16.9 Å². The van der Waals surface area contributed by atoms with Gasteiger partial charge in [-0.15, -0.1) is 0 Å². The lowest BCUT2D eigenvalue weighted by atomic mass is 10.1. The summed E-state index contributed by atoms with van der Waals surface area (Å²) in [6.07, 6.45) is -2.36. The molecule has 2 aromatic carbocycles. The van der Waals surface area contributed by atoms with Crippen LogP contribution in [0.5, 0.6) is 11.6 Å². The highest BCUT2D eigenvalue weighted by Crippen LogP contribution is 2.34. The van der Waals surface area contributed by atoms with Crippen molar-refractivity contribution in [2.45, 2.75) is 19.2 Å². The fraction of sp³-hybridized carbons (Fsp3) is 0.167. The summed E-state index contributed by atoms with van der Waals surface area (Å²) in [5, 5.41) is 23.5. The molecule has 1 atom stereocenters. The van der Waals surface area contributed by atoms with Crippen molar-refractivity contribution in [3.8, 4) is 34.6 Å². The fourth-order valence-corrected chi connectivity index (χ4v) is 3.34. The number of nitriles is 1. The van der Waals surface area contributed by atoms with E-state index in [0.717, 1.165) is 12.1 Å². The normalized spacial score (nSPS) is 12.3. The minimum atomic E-state index is -4.50. The Kier molecular flexibility index (Phi) is 6.50. The van der Waals surface area contributed by atoms with Crippen LogP contribution in [0.1, 0.15) is 28.6 Å². The molecule has 0 saturated heterocycles. The second kappa shape index (κ2) is 9.54. The lowest BCUT2D eigenvalue weighted by Crippen LogP contribution is -2.10. The standard InChI is InChI=1S/C24H19F3N6O2/c1-14-31-19(16-3-2-4-18(8-16)24(25,26)27)9-23(32-14)35-22-7-15(10-28)5-6-20(22)33-13-17(12-30-33)21(34)11-29/h2-9,12-13,21,34H,11,29H2,1H3. The van der Waals surface area contributed by atoms with E-state index in [1.165, 1.54) is 35.1 Å². The van der Waals surface area contributed by atoms with Crippen LogP contribution in [0.15, 0.2) is 60.9 Å². The number of halogens is 3.